The normalized spacial score (nSPS) is 14.9. The second-order valence-corrected chi connectivity index (χ2v) is 2.37. The van der Waals surface area contributed by atoms with E-state index in [1.165, 1.54) is 0 Å². The highest BCUT2D eigenvalue weighted by atomic mass is 15.1. The summed E-state index contributed by atoms with van der Waals surface area (Å²) in [5.41, 5.74) is 0. The first-order valence-corrected chi connectivity index (χ1v) is 3.92. The molecule has 1 unspecified atom stereocenters. The molecule has 0 radical (unpaired) electrons. The predicted octanol–water partition coefficient (Wildman–Crippen LogP) is 1.42. The van der Waals surface area contributed by atoms with Gasteiger partial charge in [0, 0.05) is 19.3 Å². The molecule has 0 bridgehead atoms. The molecule has 2 heteroatoms. The highest BCUT2D eigenvalue weighted by molar-refractivity contribution is 5.63. The molecule has 0 aromatic heterocycles. The lowest BCUT2D eigenvalue weighted by molar-refractivity contribution is 0.285. The second-order valence-electron chi connectivity index (χ2n) is 2.37. The molecule has 0 rings (SSSR count). The summed E-state index contributed by atoms with van der Waals surface area (Å²) in [5, 5.41) is 0. The Morgan fingerprint density at radius 3 is 2.20 bits per heavy atom. The predicted molar refractivity (Wildman–Crippen MR) is 46.8 cm³/mol. The molecule has 10 heavy (non-hydrogen) atoms. The number of hydrogen-bond donors (Lipinski definition) is 0. The summed E-state index contributed by atoms with van der Waals surface area (Å²) in [6.07, 6.45) is 1.98. The van der Waals surface area contributed by atoms with Crippen LogP contribution in [0, 0.1) is 0 Å². The van der Waals surface area contributed by atoms with Gasteiger partial charge >= 0.3 is 0 Å². The molecule has 0 spiro atoms. The first-order chi connectivity index (χ1) is 4.76. The maximum absolute atomic E-state index is 3.99. The van der Waals surface area contributed by atoms with Crippen LogP contribution in [0.5, 0.6) is 0 Å². The summed E-state index contributed by atoms with van der Waals surface area (Å²) in [6, 6.07) is 0.486. The van der Waals surface area contributed by atoms with Gasteiger partial charge in [-0.15, -0.1) is 0 Å². The maximum Gasteiger partial charge on any atom is 0.0418 e. The van der Waals surface area contributed by atoms with Crippen molar-refractivity contribution in [2.75, 3.05) is 20.1 Å². The van der Waals surface area contributed by atoms with Gasteiger partial charge in [-0.2, -0.15) is 0 Å². The van der Waals surface area contributed by atoms with Crippen molar-refractivity contribution in [1.82, 2.24) is 4.90 Å². The third-order valence-electron chi connectivity index (χ3n) is 1.75. The van der Waals surface area contributed by atoms with Crippen molar-refractivity contribution >= 4 is 6.21 Å². The number of aliphatic imine (C=N–C) groups is 1. The summed E-state index contributed by atoms with van der Waals surface area (Å²) < 4.78 is 0. The van der Waals surface area contributed by atoms with Crippen LogP contribution in [0.2, 0.25) is 0 Å². The molecule has 0 aromatic rings. The van der Waals surface area contributed by atoms with Crippen molar-refractivity contribution in [3.63, 3.8) is 0 Å². The van der Waals surface area contributed by atoms with E-state index >= 15 is 0 Å². The SMILES string of the molecule is CCN(CC)C(C)C=NC. The highest BCUT2D eigenvalue weighted by Crippen LogP contribution is 1.93. The average Bonchev–Trinajstić information content (AvgIpc) is 1.91. The van der Waals surface area contributed by atoms with Gasteiger partial charge in [-0.25, -0.2) is 0 Å². The number of hydrogen-bond acceptors (Lipinski definition) is 2. The Hall–Kier alpha value is -0.370. The Morgan fingerprint density at radius 2 is 1.90 bits per heavy atom. The Morgan fingerprint density at radius 1 is 1.40 bits per heavy atom. The zero-order chi connectivity index (χ0) is 7.98. The van der Waals surface area contributed by atoms with Gasteiger partial charge < -0.3 is 0 Å². The van der Waals surface area contributed by atoms with Crippen LogP contribution in [0.25, 0.3) is 0 Å². The molecule has 0 fully saturated rings. The fraction of sp³-hybridized carbons (Fsp3) is 0.875. The van der Waals surface area contributed by atoms with Gasteiger partial charge in [0.05, 0.1) is 0 Å². The summed E-state index contributed by atoms with van der Waals surface area (Å²) in [7, 11) is 1.82. The van der Waals surface area contributed by atoms with Crippen molar-refractivity contribution in [2.45, 2.75) is 26.8 Å². The fourth-order valence-electron chi connectivity index (χ4n) is 1.11. The van der Waals surface area contributed by atoms with Gasteiger partial charge in [0.25, 0.3) is 0 Å². The van der Waals surface area contributed by atoms with E-state index in [0.717, 1.165) is 13.1 Å². The van der Waals surface area contributed by atoms with Crippen LogP contribution >= 0.6 is 0 Å². The fourth-order valence-corrected chi connectivity index (χ4v) is 1.11. The third kappa shape index (κ3) is 2.97. The van der Waals surface area contributed by atoms with Gasteiger partial charge in [0.2, 0.25) is 0 Å². The van der Waals surface area contributed by atoms with E-state index < -0.39 is 0 Å². The van der Waals surface area contributed by atoms with Gasteiger partial charge in [0.1, 0.15) is 0 Å². The standard InChI is InChI=1S/C8H18N2/c1-5-10(6-2)8(3)7-9-4/h7-8H,5-6H2,1-4H3. The van der Waals surface area contributed by atoms with Crippen LogP contribution in [0.15, 0.2) is 4.99 Å². The molecule has 0 aliphatic heterocycles. The molecule has 0 N–H and O–H groups in total. The average molecular weight is 142 g/mol. The van der Waals surface area contributed by atoms with E-state index in [1.54, 1.807) is 0 Å². The van der Waals surface area contributed by atoms with Gasteiger partial charge in [-0.05, 0) is 20.0 Å². The smallest absolute Gasteiger partial charge is 0.0418 e. The van der Waals surface area contributed by atoms with Crippen LogP contribution in [-0.2, 0) is 0 Å². The van der Waals surface area contributed by atoms with E-state index in [9.17, 15) is 0 Å². The third-order valence-corrected chi connectivity index (χ3v) is 1.75. The van der Waals surface area contributed by atoms with Crippen molar-refractivity contribution in [3.05, 3.63) is 0 Å². The van der Waals surface area contributed by atoms with E-state index in [0.29, 0.717) is 6.04 Å². The topological polar surface area (TPSA) is 15.6 Å². The number of rotatable bonds is 4. The van der Waals surface area contributed by atoms with Crippen molar-refractivity contribution in [1.29, 1.82) is 0 Å². The van der Waals surface area contributed by atoms with Crippen molar-refractivity contribution < 1.29 is 0 Å². The zero-order valence-electron chi connectivity index (χ0n) is 7.46. The lowest BCUT2D eigenvalue weighted by atomic mass is 10.3. The Labute approximate surface area is 63.9 Å². The minimum absolute atomic E-state index is 0.486. The molecule has 0 saturated carbocycles. The number of nitrogens with zero attached hydrogens (tertiary/aromatic N) is 2. The zero-order valence-corrected chi connectivity index (χ0v) is 7.46. The molecule has 0 aliphatic carbocycles. The molecule has 0 heterocycles. The Kier molecular flexibility index (Phi) is 5.22. The van der Waals surface area contributed by atoms with E-state index in [4.69, 9.17) is 0 Å². The molecule has 0 saturated heterocycles. The monoisotopic (exact) mass is 142 g/mol. The van der Waals surface area contributed by atoms with E-state index in [-0.39, 0.29) is 0 Å². The van der Waals surface area contributed by atoms with Crippen LogP contribution in [0.4, 0.5) is 0 Å². The van der Waals surface area contributed by atoms with Crippen LogP contribution in [0.1, 0.15) is 20.8 Å². The summed E-state index contributed by atoms with van der Waals surface area (Å²) in [6.45, 7) is 8.71. The molecule has 60 valence electrons. The lowest BCUT2D eigenvalue weighted by Crippen LogP contribution is -2.33. The van der Waals surface area contributed by atoms with E-state index in [1.807, 2.05) is 13.3 Å². The van der Waals surface area contributed by atoms with E-state index in [2.05, 4.69) is 30.7 Å². The van der Waals surface area contributed by atoms with Gasteiger partial charge in [-0.1, -0.05) is 13.8 Å². The Bertz CT molecular complexity index is 95.4. The molecule has 0 aromatic carbocycles. The lowest BCUT2D eigenvalue weighted by Gasteiger charge is -2.22. The quantitative estimate of drug-likeness (QED) is 0.542. The summed E-state index contributed by atoms with van der Waals surface area (Å²) >= 11 is 0. The van der Waals surface area contributed by atoms with Crippen LogP contribution in [-0.4, -0.2) is 37.3 Å². The summed E-state index contributed by atoms with van der Waals surface area (Å²) in [4.78, 5) is 6.34. The van der Waals surface area contributed by atoms with Crippen LogP contribution < -0.4 is 0 Å². The minimum atomic E-state index is 0.486. The molecule has 2 nitrogen and oxygen atoms in total. The second kappa shape index (κ2) is 5.42. The molecule has 0 aliphatic rings. The minimum Gasteiger partial charge on any atom is -0.299 e. The van der Waals surface area contributed by atoms with Crippen molar-refractivity contribution in [2.24, 2.45) is 4.99 Å². The first kappa shape index (κ1) is 9.63. The van der Waals surface area contributed by atoms with Crippen LogP contribution in [0.3, 0.4) is 0 Å². The van der Waals surface area contributed by atoms with Crippen molar-refractivity contribution in [3.8, 4) is 0 Å². The summed E-state index contributed by atoms with van der Waals surface area (Å²) in [5.74, 6) is 0. The first-order valence-electron chi connectivity index (χ1n) is 3.92. The van der Waals surface area contributed by atoms with Gasteiger partial charge in [0.15, 0.2) is 0 Å². The maximum atomic E-state index is 3.99. The van der Waals surface area contributed by atoms with Gasteiger partial charge in [-0.3, -0.25) is 9.89 Å². The Balaban J connectivity index is 3.75. The molecule has 0 amide bonds. The molecular formula is C8H18N2. The molecule has 1 atom stereocenters. The molecular weight excluding hydrogens is 124 g/mol. The highest BCUT2D eigenvalue weighted by Gasteiger charge is 2.04. The largest absolute Gasteiger partial charge is 0.299 e.